The maximum absolute atomic E-state index is 14.0. The van der Waals surface area contributed by atoms with Gasteiger partial charge in [-0.25, -0.2) is 0 Å². The molecule has 176 valence electrons. The van der Waals surface area contributed by atoms with Gasteiger partial charge in [0, 0.05) is 17.0 Å². The standard InChI is InChI=1S/C28H38O3.H3P/c1-16-11-13-18(3)23(21(16)6)25(29)28(31,20(5)15-27(8,9)10)26(30)24-19(4)14-12-17(2)22(24)7;/h11-14,20,31H,15H2,1-10H3;1H3. The number of carbonyl (C=O) groups excluding carboxylic acids is 2. The molecule has 4 heteroatoms. The molecule has 0 fully saturated rings. The summed E-state index contributed by atoms with van der Waals surface area (Å²) in [6.45, 7) is 19.4. The Morgan fingerprint density at radius 1 is 0.750 bits per heavy atom. The van der Waals surface area contributed by atoms with E-state index in [-0.39, 0.29) is 15.3 Å². The number of rotatable bonds is 6. The van der Waals surface area contributed by atoms with Crippen molar-refractivity contribution < 1.29 is 14.7 Å². The third kappa shape index (κ3) is 5.21. The molecule has 2 aromatic carbocycles. The zero-order valence-corrected chi connectivity index (χ0v) is 23.0. The van der Waals surface area contributed by atoms with Crippen molar-refractivity contribution in [3.05, 3.63) is 68.8 Å². The van der Waals surface area contributed by atoms with Gasteiger partial charge in [0.15, 0.2) is 5.60 Å². The average Bonchev–Trinajstić information content (AvgIpc) is 2.66. The van der Waals surface area contributed by atoms with E-state index in [2.05, 4.69) is 20.8 Å². The molecule has 0 bridgehead atoms. The molecule has 2 aromatic rings. The van der Waals surface area contributed by atoms with Crippen molar-refractivity contribution in [2.75, 3.05) is 0 Å². The first kappa shape index (κ1) is 28.2. The summed E-state index contributed by atoms with van der Waals surface area (Å²) < 4.78 is 0. The van der Waals surface area contributed by atoms with Crippen molar-refractivity contribution in [2.45, 2.75) is 81.3 Å². The average molecular weight is 457 g/mol. The lowest BCUT2D eigenvalue weighted by Gasteiger charge is -2.36. The van der Waals surface area contributed by atoms with Crippen LogP contribution in [0, 0.1) is 52.9 Å². The smallest absolute Gasteiger partial charge is 0.203 e. The molecule has 3 nitrogen and oxygen atoms in total. The highest BCUT2D eigenvalue weighted by Gasteiger charge is 2.51. The first-order valence-electron chi connectivity index (χ1n) is 11.1. The summed E-state index contributed by atoms with van der Waals surface area (Å²) in [4.78, 5) is 28.1. The van der Waals surface area contributed by atoms with Gasteiger partial charge in [0.25, 0.3) is 0 Å². The number of benzene rings is 2. The molecule has 2 unspecified atom stereocenters. The van der Waals surface area contributed by atoms with Crippen molar-refractivity contribution in [3.63, 3.8) is 0 Å². The van der Waals surface area contributed by atoms with Crippen molar-refractivity contribution in [1.82, 2.24) is 0 Å². The molecule has 0 saturated carbocycles. The number of hydrogen-bond donors (Lipinski definition) is 1. The first-order valence-corrected chi connectivity index (χ1v) is 11.1. The van der Waals surface area contributed by atoms with Gasteiger partial charge in [-0.15, -0.1) is 0 Å². The third-order valence-electron chi connectivity index (χ3n) is 6.67. The molecular weight excluding hydrogens is 415 g/mol. The van der Waals surface area contributed by atoms with Crippen molar-refractivity contribution >= 4 is 21.5 Å². The number of ketones is 2. The Morgan fingerprint density at radius 2 is 1.06 bits per heavy atom. The van der Waals surface area contributed by atoms with Crippen LogP contribution in [-0.2, 0) is 0 Å². The summed E-state index contributed by atoms with van der Waals surface area (Å²) in [7, 11) is 0. The summed E-state index contributed by atoms with van der Waals surface area (Å²) in [5.41, 5.74) is 3.75. The normalized spacial score (nSPS) is 12.8. The number of aryl methyl sites for hydroxylation is 4. The van der Waals surface area contributed by atoms with Crippen LogP contribution in [0.4, 0.5) is 0 Å². The molecular formula is C28H41O3P. The van der Waals surface area contributed by atoms with Crippen LogP contribution in [-0.4, -0.2) is 22.3 Å². The Kier molecular flexibility index (Phi) is 8.79. The summed E-state index contributed by atoms with van der Waals surface area (Å²) in [6.07, 6.45) is 0.537. The van der Waals surface area contributed by atoms with Gasteiger partial charge in [0.05, 0.1) is 0 Å². The number of Topliss-reactive ketones (excluding diaryl/α,β-unsaturated/α-hetero) is 2. The van der Waals surface area contributed by atoms with E-state index in [1.165, 1.54) is 0 Å². The molecule has 2 rings (SSSR count). The van der Waals surface area contributed by atoms with Gasteiger partial charge in [-0.1, -0.05) is 52.0 Å². The molecule has 0 spiro atoms. The van der Waals surface area contributed by atoms with Gasteiger partial charge in [0.1, 0.15) is 0 Å². The predicted octanol–water partition coefficient (Wildman–Crippen LogP) is 6.46. The fourth-order valence-electron chi connectivity index (χ4n) is 4.60. The number of carbonyl (C=O) groups is 2. The van der Waals surface area contributed by atoms with E-state index in [4.69, 9.17) is 0 Å². The van der Waals surface area contributed by atoms with E-state index in [0.717, 1.165) is 33.4 Å². The quantitative estimate of drug-likeness (QED) is 0.308. The molecule has 0 aliphatic carbocycles. The molecule has 0 saturated heterocycles. The summed E-state index contributed by atoms with van der Waals surface area (Å²) in [6, 6.07) is 7.71. The highest BCUT2D eigenvalue weighted by molar-refractivity contribution is 6.92. The SMILES string of the molecule is Cc1ccc(C)c(C(=O)C(O)(C(=O)c2c(C)ccc(C)c2C)C(C)CC(C)(C)C)c1C.P. The molecule has 32 heavy (non-hydrogen) atoms. The van der Waals surface area contributed by atoms with E-state index < -0.39 is 23.1 Å². The Balaban J connectivity index is 0.00000512. The molecule has 0 amide bonds. The second-order valence-electron chi connectivity index (χ2n) is 10.5. The van der Waals surface area contributed by atoms with E-state index in [1.54, 1.807) is 0 Å². The first-order chi connectivity index (χ1) is 14.1. The Labute approximate surface area is 197 Å². The fourth-order valence-corrected chi connectivity index (χ4v) is 4.60. The van der Waals surface area contributed by atoms with Crippen molar-refractivity contribution in [3.8, 4) is 0 Å². The monoisotopic (exact) mass is 456 g/mol. The van der Waals surface area contributed by atoms with Crippen LogP contribution in [0.3, 0.4) is 0 Å². The van der Waals surface area contributed by atoms with Crippen molar-refractivity contribution in [1.29, 1.82) is 0 Å². The lowest BCUT2D eigenvalue weighted by Crippen LogP contribution is -2.53. The van der Waals surface area contributed by atoms with Crippen LogP contribution in [0.15, 0.2) is 24.3 Å². The molecule has 0 aliphatic rings. The van der Waals surface area contributed by atoms with Gasteiger partial charge in [0.2, 0.25) is 11.6 Å². The van der Waals surface area contributed by atoms with E-state index >= 15 is 0 Å². The highest BCUT2D eigenvalue weighted by Crippen LogP contribution is 2.38. The van der Waals surface area contributed by atoms with Crippen LogP contribution in [0.1, 0.15) is 88.2 Å². The minimum Gasteiger partial charge on any atom is -0.374 e. The second kappa shape index (κ2) is 9.98. The van der Waals surface area contributed by atoms with Gasteiger partial charge >= 0.3 is 0 Å². The Bertz CT molecular complexity index is 958. The largest absolute Gasteiger partial charge is 0.374 e. The van der Waals surface area contributed by atoms with E-state index in [9.17, 15) is 14.7 Å². The molecule has 0 aliphatic heterocycles. The zero-order valence-electron chi connectivity index (χ0n) is 21.6. The van der Waals surface area contributed by atoms with Crippen LogP contribution < -0.4 is 0 Å². The van der Waals surface area contributed by atoms with Crippen LogP contribution in [0.5, 0.6) is 0 Å². The van der Waals surface area contributed by atoms with Gasteiger partial charge in [-0.3, -0.25) is 9.59 Å². The van der Waals surface area contributed by atoms with E-state index in [1.807, 2.05) is 72.7 Å². The number of aliphatic hydroxyl groups is 1. The predicted molar refractivity (Wildman–Crippen MR) is 139 cm³/mol. The number of hydrogen-bond acceptors (Lipinski definition) is 3. The summed E-state index contributed by atoms with van der Waals surface area (Å²) in [5.74, 6) is -1.53. The maximum Gasteiger partial charge on any atom is 0.203 e. The summed E-state index contributed by atoms with van der Waals surface area (Å²) in [5, 5.41) is 12.1. The second-order valence-corrected chi connectivity index (χ2v) is 10.5. The fraction of sp³-hybridized carbons (Fsp3) is 0.500. The Hall–Kier alpha value is -1.83. The third-order valence-corrected chi connectivity index (χ3v) is 6.67. The van der Waals surface area contributed by atoms with E-state index in [0.29, 0.717) is 17.5 Å². The highest BCUT2D eigenvalue weighted by atomic mass is 31.0. The molecule has 0 radical (unpaired) electrons. The lowest BCUT2D eigenvalue weighted by atomic mass is 9.69. The van der Waals surface area contributed by atoms with Gasteiger partial charge in [-0.2, -0.15) is 9.90 Å². The van der Waals surface area contributed by atoms with Crippen LogP contribution in [0.25, 0.3) is 0 Å². The topological polar surface area (TPSA) is 54.4 Å². The van der Waals surface area contributed by atoms with Gasteiger partial charge in [-0.05, 0) is 86.8 Å². The minimum absolute atomic E-state index is 0. The van der Waals surface area contributed by atoms with Crippen LogP contribution in [0.2, 0.25) is 0 Å². The molecule has 0 heterocycles. The molecule has 0 aromatic heterocycles. The van der Waals surface area contributed by atoms with Crippen molar-refractivity contribution in [2.24, 2.45) is 11.3 Å². The Morgan fingerprint density at radius 3 is 1.38 bits per heavy atom. The van der Waals surface area contributed by atoms with Crippen LogP contribution >= 0.6 is 9.90 Å². The molecule has 2 atom stereocenters. The minimum atomic E-state index is -2.14. The zero-order chi connectivity index (χ0) is 23.9. The van der Waals surface area contributed by atoms with Gasteiger partial charge < -0.3 is 5.11 Å². The summed E-state index contributed by atoms with van der Waals surface area (Å²) >= 11 is 0. The molecule has 1 N–H and O–H groups in total. The maximum atomic E-state index is 14.0. The lowest BCUT2D eigenvalue weighted by molar-refractivity contribution is 0.000492.